The number of carboxylic acids is 2. The van der Waals surface area contributed by atoms with Crippen molar-refractivity contribution in [3.63, 3.8) is 0 Å². The van der Waals surface area contributed by atoms with Crippen molar-refractivity contribution < 1.29 is 44.1 Å². The van der Waals surface area contributed by atoms with Crippen molar-refractivity contribution in [3.05, 3.63) is 23.8 Å². The maximum Gasteiger partial charge on any atom is 0.351 e. The standard InChI is InChI=1S/C17H26N2O4.C2H2O4/c1-5-11-22-16-14(8-7-9-15(16)21-4)17(20)18-10-12-23-19-13(3)6-2;3-1(4)2(5)6/h7-9H,5-6,10-12H2,1-4H3,(H,18,20);(H,3,4)(H,5,6)/b19-13+;. The van der Waals surface area contributed by atoms with Crippen LogP contribution >= 0.6 is 0 Å². The van der Waals surface area contributed by atoms with Gasteiger partial charge < -0.3 is 29.8 Å². The molecule has 0 aliphatic heterocycles. The smallest absolute Gasteiger partial charge is 0.351 e. The molecule has 0 aliphatic rings. The Hall–Kier alpha value is -3.30. The third kappa shape index (κ3) is 10.6. The second kappa shape index (κ2) is 14.7. The van der Waals surface area contributed by atoms with Gasteiger partial charge in [0, 0.05) is 13.3 Å². The van der Waals surface area contributed by atoms with Crippen LogP contribution in [0.1, 0.15) is 44.0 Å². The van der Waals surface area contributed by atoms with E-state index >= 15 is 0 Å². The molecule has 0 unspecified atom stereocenters. The number of benzene rings is 1. The molecule has 0 aromatic heterocycles. The molecule has 3 N–H and O–H groups in total. The van der Waals surface area contributed by atoms with Crippen LogP contribution in [-0.2, 0) is 14.4 Å². The monoisotopic (exact) mass is 412 g/mol. The Labute approximate surface area is 169 Å². The molecule has 10 heteroatoms. The fraction of sp³-hybridized carbons (Fsp3) is 0.474. The van der Waals surface area contributed by atoms with Gasteiger partial charge in [-0.3, -0.25) is 9.63 Å². The fourth-order valence-electron chi connectivity index (χ4n) is 1.77. The normalized spacial score (nSPS) is 10.3. The highest BCUT2D eigenvalue weighted by Gasteiger charge is 2.16. The predicted octanol–water partition coefficient (Wildman–Crippen LogP) is -1.08. The van der Waals surface area contributed by atoms with Gasteiger partial charge in [-0.2, -0.15) is 0 Å². The minimum Gasteiger partial charge on any atom is -0.539 e. The Morgan fingerprint density at radius 1 is 1.21 bits per heavy atom. The van der Waals surface area contributed by atoms with Crippen molar-refractivity contribution in [1.82, 2.24) is 5.32 Å². The number of carbonyl (C=O) groups is 3. The first kappa shape index (κ1) is 25.7. The van der Waals surface area contributed by atoms with Gasteiger partial charge in [0.1, 0.15) is 0 Å². The Morgan fingerprint density at radius 3 is 2.38 bits per heavy atom. The van der Waals surface area contributed by atoms with Crippen LogP contribution in [0, 0.1) is 0 Å². The van der Waals surface area contributed by atoms with E-state index in [1.165, 1.54) is 0 Å². The number of rotatable bonds is 10. The summed E-state index contributed by atoms with van der Waals surface area (Å²) in [6.07, 6.45) is 1.75. The van der Waals surface area contributed by atoms with Crippen LogP contribution in [0.5, 0.6) is 11.5 Å². The van der Waals surface area contributed by atoms with Gasteiger partial charge in [0.2, 0.25) is 0 Å². The van der Waals surface area contributed by atoms with Crippen LogP contribution in [-0.4, -0.2) is 55.5 Å². The van der Waals surface area contributed by atoms with E-state index in [-0.39, 0.29) is 5.91 Å². The summed E-state index contributed by atoms with van der Waals surface area (Å²) in [7, 11) is 1.56. The van der Waals surface area contributed by atoms with Crippen LogP contribution in [0.15, 0.2) is 18.2 Å². The molecule has 0 fully saturated rings. The predicted molar refractivity (Wildman–Crippen MR) is 102 cm³/mol. The Morgan fingerprint density at radius 2 is 1.86 bits per heavy atom. The van der Waals surface area contributed by atoms with E-state index in [1.807, 2.05) is 20.8 Å². The molecule has 0 spiro atoms. The van der Waals surface area contributed by atoms with Crippen LogP contribution in [0.4, 0.5) is 0 Å². The van der Waals surface area contributed by atoms with E-state index in [0.717, 1.165) is 18.6 Å². The number of ether oxygens (including phenoxy) is 2. The van der Waals surface area contributed by atoms with E-state index < -0.39 is 11.9 Å². The second-order valence-corrected chi connectivity index (χ2v) is 5.62. The fourth-order valence-corrected chi connectivity index (χ4v) is 1.77. The molecule has 0 saturated carbocycles. The summed E-state index contributed by atoms with van der Waals surface area (Å²) >= 11 is 0. The molecule has 1 aromatic rings. The number of amides is 1. The largest absolute Gasteiger partial charge is 0.539 e. The molecule has 0 saturated heterocycles. The number of nitrogens with one attached hydrogen (secondary N) is 2. The van der Waals surface area contributed by atoms with Crippen molar-refractivity contribution in [2.45, 2.75) is 33.6 Å². The third-order valence-electron chi connectivity index (χ3n) is 3.34. The molecule has 0 radical (unpaired) electrons. The number of carbonyl (C=O) groups excluding carboxylic acids is 2. The highest BCUT2D eigenvalue weighted by Crippen LogP contribution is 2.31. The molecule has 29 heavy (non-hydrogen) atoms. The van der Waals surface area contributed by atoms with Crippen molar-refractivity contribution >= 4 is 23.6 Å². The summed E-state index contributed by atoms with van der Waals surface area (Å²) in [6.45, 7) is 7.29. The zero-order valence-electron chi connectivity index (χ0n) is 17.1. The topological polar surface area (TPSA) is 148 Å². The highest BCUT2D eigenvalue weighted by atomic mass is 16.6. The van der Waals surface area contributed by atoms with Crippen molar-refractivity contribution in [1.29, 1.82) is 0 Å². The molecule has 1 rings (SSSR count). The van der Waals surface area contributed by atoms with E-state index in [9.17, 15) is 4.79 Å². The van der Waals surface area contributed by atoms with Gasteiger partial charge >= 0.3 is 5.97 Å². The molecule has 10 nitrogen and oxygen atoms in total. The van der Waals surface area contributed by atoms with Gasteiger partial charge in [0.05, 0.1) is 25.8 Å². The highest BCUT2D eigenvalue weighted by molar-refractivity contribution is 6.26. The molecule has 0 bridgehead atoms. The van der Waals surface area contributed by atoms with Gasteiger partial charge in [-0.1, -0.05) is 19.9 Å². The number of hydrogen-bond donors (Lipinski definition) is 3. The zero-order chi connectivity index (χ0) is 22.2. The van der Waals surface area contributed by atoms with E-state index in [0.29, 0.717) is 36.8 Å². The molecule has 1 aromatic carbocycles. The lowest BCUT2D eigenvalue weighted by Crippen LogP contribution is -2.71. The molecule has 0 atom stereocenters. The lowest BCUT2D eigenvalue weighted by molar-refractivity contribution is -0.753. The third-order valence-corrected chi connectivity index (χ3v) is 3.34. The summed E-state index contributed by atoms with van der Waals surface area (Å²) in [5.74, 6) is -3.19. The lowest BCUT2D eigenvalue weighted by atomic mass is 10.1. The number of carboxylic acid groups (broad SMARTS) is 2. The first-order valence-electron chi connectivity index (χ1n) is 9.00. The molecular weight excluding hydrogens is 384 g/mol. The van der Waals surface area contributed by atoms with Crippen molar-refractivity contribution in [2.75, 3.05) is 26.9 Å². The van der Waals surface area contributed by atoms with Crippen LogP contribution in [0.3, 0.4) is 0 Å². The Balaban J connectivity index is 0.00000113. The maximum atomic E-state index is 12.3. The number of para-hydroxylation sites is 1. The molecule has 0 aliphatic carbocycles. The summed E-state index contributed by atoms with van der Waals surface area (Å²) in [5.41, 5.74) is 1.50. The van der Waals surface area contributed by atoms with Gasteiger partial charge in [-0.15, -0.1) is 0 Å². The average molecular weight is 412 g/mol. The first-order chi connectivity index (χ1) is 13.8. The van der Waals surface area contributed by atoms with Gasteiger partial charge in [0.15, 0.2) is 29.8 Å². The number of aliphatic carboxylic acids is 2. The molecular formula is C19H28N2O8. The number of methoxy groups -OCH3 is 1. The number of hydrogen-bond acceptors (Lipinski definition) is 7. The molecule has 162 valence electrons. The van der Waals surface area contributed by atoms with E-state index in [1.54, 1.807) is 25.3 Å². The first-order valence-corrected chi connectivity index (χ1v) is 9.00. The van der Waals surface area contributed by atoms with Crippen molar-refractivity contribution in [3.8, 4) is 11.5 Å². The molecule has 0 heterocycles. The van der Waals surface area contributed by atoms with Gasteiger partial charge in [0.25, 0.3) is 5.91 Å². The van der Waals surface area contributed by atoms with Crippen LogP contribution < -0.4 is 25.1 Å². The summed E-state index contributed by atoms with van der Waals surface area (Å²) in [5, 5.41) is 22.0. The summed E-state index contributed by atoms with van der Waals surface area (Å²) in [6, 6.07) is 5.26. The Kier molecular flexibility index (Phi) is 13.0. The zero-order valence-corrected chi connectivity index (χ0v) is 17.1. The van der Waals surface area contributed by atoms with Crippen LogP contribution in [0.2, 0.25) is 0 Å². The summed E-state index contributed by atoms with van der Waals surface area (Å²) in [4.78, 5) is 35.6. The van der Waals surface area contributed by atoms with E-state index in [2.05, 4.69) is 10.5 Å². The second-order valence-electron chi connectivity index (χ2n) is 5.62. The Bertz CT molecular complexity index is 691. The SMILES string of the molecule is CCCOc1c(OC)cccc1C(=O)NCCO/[NH+]=C(\C)CC.O=C([O-])C(=O)O. The van der Waals surface area contributed by atoms with Gasteiger partial charge in [-0.25, -0.2) is 4.79 Å². The maximum absolute atomic E-state index is 12.3. The van der Waals surface area contributed by atoms with Crippen LogP contribution in [0.25, 0.3) is 0 Å². The summed E-state index contributed by atoms with van der Waals surface area (Å²) < 4.78 is 10.9. The van der Waals surface area contributed by atoms with Crippen molar-refractivity contribution in [2.24, 2.45) is 0 Å². The van der Waals surface area contributed by atoms with Gasteiger partial charge in [-0.05, 0) is 23.7 Å². The quantitative estimate of drug-likeness (QED) is 0.190. The minimum absolute atomic E-state index is 0.213. The van der Waals surface area contributed by atoms with E-state index in [4.69, 9.17) is 34.1 Å². The lowest BCUT2D eigenvalue weighted by Gasteiger charge is -2.14. The minimum atomic E-state index is -2.07. The average Bonchev–Trinajstić information content (AvgIpc) is 2.71. The molecule has 1 amide bonds.